The monoisotopic (exact) mass is 174 g/mol. The smallest absolute Gasteiger partial charge is 0.141 e. The molecule has 1 rings (SSSR count). The molecule has 0 saturated carbocycles. The second-order valence-electron chi connectivity index (χ2n) is 2.20. The molecule has 0 amide bonds. The van der Waals surface area contributed by atoms with Crippen LogP contribution < -0.4 is 11.5 Å². The van der Waals surface area contributed by atoms with Gasteiger partial charge in [0.25, 0.3) is 0 Å². The number of hydrogen-bond donors (Lipinski definition) is 2. The first kappa shape index (κ1) is 8.46. The average Bonchev–Trinajstić information content (AvgIpc) is 1.94. The van der Waals surface area contributed by atoms with Crippen LogP contribution in [-0.2, 0) is 0 Å². The van der Waals surface area contributed by atoms with Crippen molar-refractivity contribution in [3.8, 4) is 0 Å². The molecule has 11 heavy (non-hydrogen) atoms. The van der Waals surface area contributed by atoms with Gasteiger partial charge in [0.2, 0.25) is 0 Å². The van der Waals surface area contributed by atoms with E-state index in [-0.39, 0.29) is 5.02 Å². The first-order valence-electron chi connectivity index (χ1n) is 3.07. The van der Waals surface area contributed by atoms with Crippen LogP contribution >= 0.6 is 11.6 Å². The molecule has 0 aliphatic rings. The molecule has 0 aromatic heterocycles. The Bertz CT molecular complexity index is 263. The van der Waals surface area contributed by atoms with Gasteiger partial charge in [-0.1, -0.05) is 17.7 Å². The van der Waals surface area contributed by atoms with Crippen molar-refractivity contribution < 1.29 is 4.39 Å². The van der Waals surface area contributed by atoms with Crippen molar-refractivity contribution in [3.63, 3.8) is 0 Å². The molecule has 0 bridgehead atoms. The van der Waals surface area contributed by atoms with Crippen molar-refractivity contribution in [2.75, 3.05) is 0 Å². The fourth-order valence-electron chi connectivity index (χ4n) is 0.720. The third kappa shape index (κ3) is 1.89. The van der Waals surface area contributed by atoms with Gasteiger partial charge in [0, 0.05) is 0 Å². The van der Waals surface area contributed by atoms with E-state index in [1.54, 1.807) is 0 Å². The lowest BCUT2D eigenvalue weighted by atomic mass is 10.2. The summed E-state index contributed by atoms with van der Waals surface area (Å²) in [5, 5.41) is 0.0448. The van der Waals surface area contributed by atoms with Gasteiger partial charge < -0.3 is 11.5 Å². The van der Waals surface area contributed by atoms with E-state index >= 15 is 0 Å². The van der Waals surface area contributed by atoms with Crippen molar-refractivity contribution in [3.05, 3.63) is 34.6 Å². The second kappa shape index (κ2) is 3.17. The zero-order valence-corrected chi connectivity index (χ0v) is 6.48. The number of hydrogen-bond acceptors (Lipinski definition) is 2. The molecular weight excluding hydrogens is 167 g/mol. The van der Waals surface area contributed by atoms with Crippen LogP contribution in [0.4, 0.5) is 4.39 Å². The number of rotatable bonds is 1. The summed E-state index contributed by atoms with van der Waals surface area (Å²) in [6.45, 7) is 0. The lowest BCUT2D eigenvalue weighted by Gasteiger charge is -2.05. The van der Waals surface area contributed by atoms with Crippen LogP contribution in [0, 0.1) is 5.82 Å². The fourth-order valence-corrected chi connectivity index (χ4v) is 0.909. The van der Waals surface area contributed by atoms with Crippen LogP contribution in [0.5, 0.6) is 0 Å². The highest BCUT2D eigenvalue weighted by atomic mass is 35.5. The Hall–Kier alpha value is -0.640. The third-order valence-corrected chi connectivity index (χ3v) is 1.62. The molecule has 0 spiro atoms. The van der Waals surface area contributed by atoms with Crippen LogP contribution in [0.1, 0.15) is 11.7 Å². The van der Waals surface area contributed by atoms with Gasteiger partial charge in [-0.2, -0.15) is 0 Å². The maximum atomic E-state index is 12.5. The molecule has 0 aliphatic carbocycles. The van der Waals surface area contributed by atoms with E-state index in [9.17, 15) is 4.39 Å². The third-order valence-electron chi connectivity index (χ3n) is 1.33. The molecule has 4 N–H and O–H groups in total. The average molecular weight is 175 g/mol. The highest BCUT2D eigenvalue weighted by Gasteiger charge is 2.03. The van der Waals surface area contributed by atoms with Crippen molar-refractivity contribution in [1.82, 2.24) is 0 Å². The molecule has 1 aromatic carbocycles. The van der Waals surface area contributed by atoms with Crippen molar-refractivity contribution in [2.24, 2.45) is 11.5 Å². The van der Waals surface area contributed by atoms with E-state index in [0.29, 0.717) is 5.56 Å². The maximum absolute atomic E-state index is 12.5. The summed E-state index contributed by atoms with van der Waals surface area (Å²) >= 11 is 5.47. The van der Waals surface area contributed by atoms with Crippen LogP contribution in [0.25, 0.3) is 0 Å². The van der Waals surface area contributed by atoms with Gasteiger partial charge in [0.1, 0.15) is 5.82 Å². The van der Waals surface area contributed by atoms with Crippen LogP contribution in [0.15, 0.2) is 18.2 Å². The topological polar surface area (TPSA) is 52.0 Å². The number of benzene rings is 1. The Morgan fingerprint density at radius 3 is 2.45 bits per heavy atom. The summed E-state index contributed by atoms with van der Waals surface area (Å²) in [6.07, 6.45) is -0.604. The predicted molar refractivity (Wildman–Crippen MR) is 42.5 cm³/mol. The Labute approximate surface area is 68.9 Å². The Balaban J connectivity index is 3.05. The Morgan fingerprint density at radius 1 is 1.36 bits per heavy atom. The SMILES string of the molecule is NC(N)c1ccc(F)c(Cl)c1. The second-order valence-corrected chi connectivity index (χ2v) is 2.61. The first-order valence-corrected chi connectivity index (χ1v) is 3.45. The fraction of sp³-hybridized carbons (Fsp3) is 0.143. The highest BCUT2D eigenvalue weighted by Crippen LogP contribution is 2.17. The summed E-state index contributed by atoms with van der Waals surface area (Å²) in [4.78, 5) is 0. The molecule has 1 aromatic rings. The van der Waals surface area contributed by atoms with E-state index in [1.165, 1.54) is 18.2 Å². The Morgan fingerprint density at radius 2 is 2.00 bits per heavy atom. The predicted octanol–water partition coefficient (Wildman–Crippen LogP) is 1.40. The largest absolute Gasteiger partial charge is 0.312 e. The minimum atomic E-state index is -0.604. The zero-order chi connectivity index (χ0) is 8.43. The lowest BCUT2D eigenvalue weighted by Crippen LogP contribution is -2.19. The highest BCUT2D eigenvalue weighted by molar-refractivity contribution is 6.30. The van der Waals surface area contributed by atoms with Gasteiger partial charge in [0.05, 0.1) is 11.2 Å². The van der Waals surface area contributed by atoms with E-state index in [1.807, 2.05) is 0 Å². The van der Waals surface area contributed by atoms with Gasteiger partial charge in [-0.25, -0.2) is 4.39 Å². The molecule has 0 radical (unpaired) electrons. The van der Waals surface area contributed by atoms with Crippen LogP contribution in [0.2, 0.25) is 5.02 Å². The zero-order valence-electron chi connectivity index (χ0n) is 5.72. The van der Waals surface area contributed by atoms with E-state index in [0.717, 1.165) is 0 Å². The maximum Gasteiger partial charge on any atom is 0.141 e. The Kier molecular flexibility index (Phi) is 2.44. The molecule has 0 fully saturated rings. The van der Waals surface area contributed by atoms with Crippen molar-refractivity contribution in [2.45, 2.75) is 6.17 Å². The molecular formula is C7H8ClFN2. The van der Waals surface area contributed by atoms with E-state index in [4.69, 9.17) is 23.1 Å². The quantitative estimate of drug-likeness (QED) is 0.633. The van der Waals surface area contributed by atoms with Gasteiger partial charge in [-0.05, 0) is 17.7 Å². The summed E-state index contributed by atoms with van der Waals surface area (Å²) in [5.74, 6) is -0.462. The summed E-state index contributed by atoms with van der Waals surface area (Å²) in [6, 6.07) is 4.16. The molecule has 2 nitrogen and oxygen atoms in total. The first-order chi connectivity index (χ1) is 5.11. The van der Waals surface area contributed by atoms with Crippen molar-refractivity contribution >= 4 is 11.6 Å². The summed E-state index contributed by atoms with van der Waals surface area (Å²) in [5.41, 5.74) is 11.3. The molecule has 0 aliphatic heterocycles. The molecule has 60 valence electrons. The molecule has 0 saturated heterocycles. The minimum Gasteiger partial charge on any atom is -0.312 e. The van der Waals surface area contributed by atoms with Gasteiger partial charge in [0.15, 0.2) is 0 Å². The molecule has 4 heteroatoms. The van der Waals surface area contributed by atoms with Crippen LogP contribution in [-0.4, -0.2) is 0 Å². The minimum absolute atomic E-state index is 0.0448. The molecule has 0 unspecified atom stereocenters. The lowest BCUT2D eigenvalue weighted by molar-refractivity contribution is 0.626. The van der Waals surface area contributed by atoms with Crippen LogP contribution in [0.3, 0.4) is 0 Å². The molecule has 0 atom stereocenters. The van der Waals surface area contributed by atoms with Gasteiger partial charge in [-0.3, -0.25) is 0 Å². The summed E-state index contributed by atoms with van der Waals surface area (Å²) in [7, 11) is 0. The standard InChI is InChI=1S/C7H8ClFN2/c8-5-3-4(7(10)11)1-2-6(5)9/h1-3,7H,10-11H2. The van der Waals surface area contributed by atoms with Gasteiger partial charge in [-0.15, -0.1) is 0 Å². The van der Waals surface area contributed by atoms with Crippen molar-refractivity contribution in [1.29, 1.82) is 0 Å². The van der Waals surface area contributed by atoms with E-state index < -0.39 is 12.0 Å². The summed E-state index contributed by atoms with van der Waals surface area (Å²) < 4.78 is 12.5. The number of nitrogens with two attached hydrogens (primary N) is 2. The number of halogens is 2. The van der Waals surface area contributed by atoms with E-state index in [2.05, 4.69) is 0 Å². The normalized spacial score (nSPS) is 10.6. The molecule has 0 heterocycles. The van der Waals surface area contributed by atoms with Gasteiger partial charge >= 0.3 is 0 Å².